The molecule has 0 saturated heterocycles. The third-order valence-corrected chi connectivity index (χ3v) is 5.73. The third kappa shape index (κ3) is 3.34. The molecule has 4 rings (SSSR count). The van der Waals surface area contributed by atoms with Crippen LogP contribution in [-0.4, -0.2) is 16.7 Å². The molecule has 1 heterocycles. The molecule has 1 aromatic heterocycles. The molecule has 0 amide bonds. The fourth-order valence-corrected chi connectivity index (χ4v) is 4.05. The molecular formula is C24H24ClN3O. The number of aryl methyl sites for hydroxylation is 3. The second-order valence-corrected chi connectivity index (χ2v) is 7.78. The molecule has 5 heteroatoms. The van der Waals surface area contributed by atoms with Crippen molar-refractivity contribution in [3.05, 3.63) is 70.2 Å². The number of hydrogen-bond acceptors (Lipinski definition) is 3. The van der Waals surface area contributed by atoms with Crippen molar-refractivity contribution in [1.29, 1.82) is 0 Å². The normalized spacial score (nSPS) is 11.1. The van der Waals surface area contributed by atoms with Crippen LogP contribution in [0, 0.1) is 20.8 Å². The van der Waals surface area contributed by atoms with Gasteiger partial charge in [0.25, 0.3) is 0 Å². The summed E-state index contributed by atoms with van der Waals surface area (Å²) >= 11 is 6.19. The van der Waals surface area contributed by atoms with Gasteiger partial charge in [0.15, 0.2) is 0 Å². The molecule has 0 aliphatic heterocycles. The number of methoxy groups -OCH3 is 1. The van der Waals surface area contributed by atoms with Crippen molar-refractivity contribution < 1.29 is 4.74 Å². The maximum atomic E-state index is 6.19. The smallest absolute Gasteiger partial charge is 0.208 e. The van der Waals surface area contributed by atoms with Gasteiger partial charge in [-0.05, 0) is 55.2 Å². The topological polar surface area (TPSA) is 39.1 Å². The molecule has 0 bridgehead atoms. The van der Waals surface area contributed by atoms with Crippen molar-refractivity contribution in [2.24, 2.45) is 7.05 Å². The first kappa shape index (κ1) is 19.3. The molecule has 0 fully saturated rings. The molecule has 0 aliphatic carbocycles. The highest BCUT2D eigenvalue weighted by Gasteiger charge is 2.17. The number of nitrogens with zero attached hydrogens (tertiary/aromatic N) is 2. The first-order valence-electron chi connectivity index (χ1n) is 9.54. The Morgan fingerprint density at radius 2 is 1.69 bits per heavy atom. The highest BCUT2D eigenvalue weighted by Crippen LogP contribution is 2.37. The quantitative estimate of drug-likeness (QED) is 0.417. The lowest BCUT2D eigenvalue weighted by molar-refractivity contribution is 0.416. The SMILES string of the molecule is COc1cc(Cl)cc(C)c1Nc1nc2cccc(-c3cccc(C)c3C)c2n1C. The van der Waals surface area contributed by atoms with Crippen molar-refractivity contribution in [2.75, 3.05) is 12.4 Å². The summed E-state index contributed by atoms with van der Waals surface area (Å²) in [7, 11) is 3.67. The molecule has 0 spiro atoms. The maximum Gasteiger partial charge on any atom is 0.208 e. The summed E-state index contributed by atoms with van der Waals surface area (Å²) in [4.78, 5) is 4.85. The average molecular weight is 406 g/mol. The second-order valence-electron chi connectivity index (χ2n) is 7.34. The third-order valence-electron chi connectivity index (χ3n) is 5.51. The molecule has 4 nitrogen and oxygen atoms in total. The molecule has 29 heavy (non-hydrogen) atoms. The summed E-state index contributed by atoms with van der Waals surface area (Å²) in [6.45, 7) is 6.31. The maximum absolute atomic E-state index is 6.19. The number of aromatic nitrogens is 2. The summed E-state index contributed by atoms with van der Waals surface area (Å²) in [5.74, 6) is 1.44. The van der Waals surface area contributed by atoms with Gasteiger partial charge in [0, 0.05) is 23.7 Å². The Bertz CT molecular complexity index is 1230. The standard InChI is InChI=1S/C24H24ClN3O/c1-14-8-6-9-18(16(14)3)19-10-7-11-20-23(19)28(4)24(26-20)27-22-15(2)12-17(25)13-21(22)29-5/h6-13H,1-5H3,(H,26,27). The first-order chi connectivity index (χ1) is 13.9. The number of benzene rings is 3. The van der Waals surface area contributed by atoms with Crippen LogP contribution in [0.15, 0.2) is 48.5 Å². The van der Waals surface area contributed by atoms with Gasteiger partial charge in [0.2, 0.25) is 5.95 Å². The lowest BCUT2D eigenvalue weighted by Crippen LogP contribution is -2.03. The van der Waals surface area contributed by atoms with Gasteiger partial charge in [0.1, 0.15) is 5.75 Å². The predicted octanol–water partition coefficient (Wildman–Crippen LogP) is 6.57. The van der Waals surface area contributed by atoms with E-state index in [0.717, 1.165) is 28.2 Å². The van der Waals surface area contributed by atoms with E-state index < -0.39 is 0 Å². The number of fused-ring (bicyclic) bond motifs is 1. The molecule has 0 radical (unpaired) electrons. The molecule has 4 aromatic rings. The number of halogens is 1. The van der Waals surface area contributed by atoms with Gasteiger partial charge >= 0.3 is 0 Å². The molecular weight excluding hydrogens is 382 g/mol. The van der Waals surface area contributed by atoms with E-state index in [1.807, 2.05) is 26.1 Å². The van der Waals surface area contributed by atoms with Crippen LogP contribution in [-0.2, 0) is 7.05 Å². The molecule has 1 N–H and O–H groups in total. The zero-order valence-corrected chi connectivity index (χ0v) is 18.1. The minimum Gasteiger partial charge on any atom is -0.495 e. The van der Waals surface area contributed by atoms with E-state index in [-0.39, 0.29) is 0 Å². The Hall–Kier alpha value is -2.98. The summed E-state index contributed by atoms with van der Waals surface area (Å²) in [6.07, 6.45) is 0. The molecule has 0 aliphatic rings. The van der Waals surface area contributed by atoms with Crippen molar-refractivity contribution >= 4 is 34.3 Å². The van der Waals surface area contributed by atoms with E-state index in [4.69, 9.17) is 21.3 Å². The van der Waals surface area contributed by atoms with Crippen LogP contribution < -0.4 is 10.1 Å². The van der Waals surface area contributed by atoms with Crippen molar-refractivity contribution in [3.63, 3.8) is 0 Å². The van der Waals surface area contributed by atoms with Gasteiger partial charge in [-0.1, -0.05) is 41.9 Å². The Labute approximate surface area is 176 Å². The second kappa shape index (κ2) is 7.45. The number of hydrogen-bond donors (Lipinski definition) is 1. The molecule has 0 unspecified atom stereocenters. The summed E-state index contributed by atoms with van der Waals surface area (Å²) in [5.41, 5.74) is 8.86. The van der Waals surface area contributed by atoms with Crippen LogP contribution in [0.2, 0.25) is 5.02 Å². The van der Waals surface area contributed by atoms with E-state index in [1.165, 1.54) is 22.3 Å². The number of nitrogens with one attached hydrogen (secondary N) is 1. The van der Waals surface area contributed by atoms with Crippen molar-refractivity contribution in [3.8, 4) is 16.9 Å². The fraction of sp³-hybridized carbons (Fsp3) is 0.208. The lowest BCUT2D eigenvalue weighted by Gasteiger charge is -2.15. The largest absolute Gasteiger partial charge is 0.495 e. The summed E-state index contributed by atoms with van der Waals surface area (Å²) in [6, 6.07) is 16.4. The van der Waals surface area contributed by atoms with E-state index in [1.54, 1.807) is 13.2 Å². The highest BCUT2D eigenvalue weighted by molar-refractivity contribution is 6.31. The Balaban J connectivity index is 1.88. The Morgan fingerprint density at radius 1 is 0.966 bits per heavy atom. The number of ether oxygens (including phenoxy) is 1. The van der Waals surface area contributed by atoms with Crippen molar-refractivity contribution in [1.82, 2.24) is 9.55 Å². The molecule has 148 valence electrons. The average Bonchev–Trinajstić information content (AvgIpc) is 3.01. The van der Waals surface area contributed by atoms with Crippen LogP contribution in [0.25, 0.3) is 22.2 Å². The van der Waals surface area contributed by atoms with E-state index in [0.29, 0.717) is 10.8 Å². The van der Waals surface area contributed by atoms with Gasteiger partial charge in [-0.3, -0.25) is 0 Å². The number of para-hydroxylation sites is 1. The van der Waals surface area contributed by atoms with Gasteiger partial charge in [-0.15, -0.1) is 0 Å². The number of rotatable bonds is 4. The predicted molar refractivity (Wildman–Crippen MR) is 122 cm³/mol. The molecule has 3 aromatic carbocycles. The monoisotopic (exact) mass is 405 g/mol. The zero-order valence-electron chi connectivity index (χ0n) is 17.3. The summed E-state index contributed by atoms with van der Waals surface area (Å²) < 4.78 is 7.63. The van der Waals surface area contributed by atoms with Gasteiger partial charge < -0.3 is 14.6 Å². The van der Waals surface area contributed by atoms with Crippen LogP contribution in [0.4, 0.5) is 11.6 Å². The number of anilines is 2. The molecule has 0 atom stereocenters. The zero-order chi connectivity index (χ0) is 20.7. The fourth-order valence-electron chi connectivity index (χ4n) is 3.79. The van der Waals surface area contributed by atoms with E-state index in [2.05, 4.69) is 54.1 Å². The minimum atomic E-state index is 0.645. The van der Waals surface area contributed by atoms with Crippen molar-refractivity contribution in [2.45, 2.75) is 20.8 Å². The van der Waals surface area contributed by atoms with Gasteiger partial charge in [0.05, 0.1) is 23.8 Å². The number of imidazole rings is 1. The summed E-state index contributed by atoms with van der Waals surface area (Å²) in [5, 5.41) is 4.10. The first-order valence-corrected chi connectivity index (χ1v) is 9.91. The van der Waals surface area contributed by atoms with Gasteiger partial charge in [-0.2, -0.15) is 0 Å². The van der Waals surface area contributed by atoms with Crippen LogP contribution in [0.5, 0.6) is 5.75 Å². The highest BCUT2D eigenvalue weighted by atomic mass is 35.5. The Kier molecular flexibility index (Phi) is 4.97. The Morgan fingerprint density at radius 3 is 2.45 bits per heavy atom. The van der Waals surface area contributed by atoms with Crippen LogP contribution >= 0.6 is 11.6 Å². The minimum absolute atomic E-state index is 0.645. The molecule has 0 saturated carbocycles. The van der Waals surface area contributed by atoms with Crippen LogP contribution in [0.1, 0.15) is 16.7 Å². The van der Waals surface area contributed by atoms with E-state index >= 15 is 0 Å². The van der Waals surface area contributed by atoms with Gasteiger partial charge in [-0.25, -0.2) is 4.98 Å². The van der Waals surface area contributed by atoms with E-state index in [9.17, 15) is 0 Å². The lowest BCUT2D eigenvalue weighted by atomic mass is 9.96. The van der Waals surface area contributed by atoms with Crippen LogP contribution in [0.3, 0.4) is 0 Å².